The SMILES string of the molecule is COc1ccc(C(N)=S)c(OC(C(F)(F)F)C(F)(F)F)c1. The molecule has 1 rings (SSSR count). The molecule has 10 heteroatoms. The summed E-state index contributed by atoms with van der Waals surface area (Å²) < 4.78 is 83.7. The zero-order chi connectivity index (χ0) is 16.4. The van der Waals surface area contributed by atoms with E-state index in [2.05, 4.69) is 17.0 Å². The Morgan fingerprint density at radius 3 is 2.05 bits per heavy atom. The minimum Gasteiger partial charge on any atom is -0.497 e. The van der Waals surface area contributed by atoms with E-state index in [4.69, 9.17) is 10.5 Å². The van der Waals surface area contributed by atoms with E-state index in [1.165, 1.54) is 13.2 Å². The first-order valence-corrected chi connectivity index (χ1v) is 5.65. The van der Waals surface area contributed by atoms with E-state index in [-0.39, 0.29) is 11.3 Å². The van der Waals surface area contributed by atoms with E-state index >= 15 is 0 Å². The van der Waals surface area contributed by atoms with Gasteiger partial charge in [0.15, 0.2) is 0 Å². The molecule has 0 spiro atoms. The first-order chi connectivity index (χ1) is 9.46. The Morgan fingerprint density at radius 2 is 1.67 bits per heavy atom. The molecule has 0 heterocycles. The monoisotopic (exact) mass is 333 g/mol. The highest BCUT2D eigenvalue weighted by Gasteiger charge is 2.59. The molecule has 21 heavy (non-hydrogen) atoms. The Morgan fingerprint density at radius 1 is 1.14 bits per heavy atom. The molecule has 0 aromatic heterocycles. The number of thiocarbonyl (C=S) groups is 1. The molecule has 3 nitrogen and oxygen atoms in total. The molecule has 1 aromatic carbocycles. The minimum absolute atomic E-state index is 0.00639. The maximum absolute atomic E-state index is 12.5. The van der Waals surface area contributed by atoms with Gasteiger partial charge in [0, 0.05) is 6.07 Å². The van der Waals surface area contributed by atoms with E-state index in [0.717, 1.165) is 12.1 Å². The van der Waals surface area contributed by atoms with E-state index in [1.54, 1.807) is 0 Å². The molecule has 2 N–H and O–H groups in total. The van der Waals surface area contributed by atoms with Crippen molar-refractivity contribution in [1.82, 2.24) is 0 Å². The number of nitrogens with two attached hydrogens (primary N) is 1. The van der Waals surface area contributed by atoms with Crippen LogP contribution >= 0.6 is 12.2 Å². The topological polar surface area (TPSA) is 44.5 Å². The number of ether oxygens (including phenoxy) is 2. The molecule has 0 saturated carbocycles. The summed E-state index contributed by atoms with van der Waals surface area (Å²) in [7, 11) is 1.19. The van der Waals surface area contributed by atoms with Gasteiger partial charge >= 0.3 is 12.4 Å². The van der Waals surface area contributed by atoms with Gasteiger partial charge in [-0.15, -0.1) is 0 Å². The summed E-state index contributed by atoms with van der Waals surface area (Å²) in [6.07, 6.45) is -15.3. The lowest BCUT2D eigenvalue weighted by Gasteiger charge is -2.25. The molecule has 0 fully saturated rings. The summed E-state index contributed by atoms with van der Waals surface area (Å²) in [5.41, 5.74) is 4.99. The van der Waals surface area contributed by atoms with Crippen molar-refractivity contribution >= 4 is 17.2 Å². The summed E-state index contributed by atoms with van der Waals surface area (Å²) in [5, 5.41) is 0. The lowest BCUT2D eigenvalue weighted by molar-refractivity contribution is -0.299. The van der Waals surface area contributed by atoms with Crippen LogP contribution in [0.15, 0.2) is 18.2 Å². The highest BCUT2D eigenvalue weighted by atomic mass is 32.1. The van der Waals surface area contributed by atoms with Crippen LogP contribution in [0.3, 0.4) is 0 Å². The zero-order valence-corrected chi connectivity index (χ0v) is 11.2. The van der Waals surface area contributed by atoms with E-state index < -0.39 is 29.2 Å². The number of hydrogen-bond acceptors (Lipinski definition) is 3. The molecule has 0 aliphatic carbocycles. The minimum atomic E-state index is -5.64. The van der Waals surface area contributed by atoms with Gasteiger partial charge in [0.1, 0.15) is 16.5 Å². The van der Waals surface area contributed by atoms with Gasteiger partial charge < -0.3 is 15.2 Å². The smallest absolute Gasteiger partial charge is 0.434 e. The molecular formula is C11H9F6NO2S. The van der Waals surface area contributed by atoms with Crippen LogP contribution in [-0.4, -0.2) is 30.6 Å². The zero-order valence-electron chi connectivity index (χ0n) is 10.4. The molecule has 0 amide bonds. The molecule has 0 aliphatic rings. The van der Waals surface area contributed by atoms with Gasteiger partial charge in [0.2, 0.25) is 0 Å². The van der Waals surface area contributed by atoms with Crippen LogP contribution in [0, 0.1) is 0 Å². The molecule has 0 aliphatic heterocycles. The van der Waals surface area contributed by atoms with E-state index in [9.17, 15) is 26.3 Å². The second-order valence-electron chi connectivity index (χ2n) is 3.81. The summed E-state index contributed by atoms with van der Waals surface area (Å²) in [6, 6.07) is 3.23. The summed E-state index contributed by atoms with van der Waals surface area (Å²) in [4.78, 5) is -0.407. The third kappa shape index (κ3) is 4.38. The van der Waals surface area contributed by atoms with Crippen LogP contribution in [0.5, 0.6) is 11.5 Å². The molecule has 1 aromatic rings. The van der Waals surface area contributed by atoms with Crippen LogP contribution in [0.1, 0.15) is 5.56 Å². The fourth-order valence-corrected chi connectivity index (χ4v) is 1.55. The standard InChI is InChI=1S/C11H9F6NO2S/c1-19-5-2-3-6(8(18)21)7(4-5)20-9(10(12,13)14)11(15,16)17/h2-4,9H,1H3,(H2,18,21). The van der Waals surface area contributed by atoms with Crippen molar-refractivity contribution in [3.8, 4) is 11.5 Å². The Labute approximate surface area is 120 Å². The van der Waals surface area contributed by atoms with Crippen molar-refractivity contribution in [2.75, 3.05) is 7.11 Å². The van der Waals surface area contributed by atoms with Crippen LogP contribution in [0.25, 0.3) is 0 Å². The molecule has 0 atom stereocenters. The van der Waals surface area contributed by atoms with Crippen molar-refractivity contribution in [1.29, 1.82) is 0 Å². The highest BCUT2D eigenvalue weighted by Crippen LogP contribution is 2.38. The number of benzene rings is 1. The van der Waals surface area contributed by atoms with Gasteiger partial charge in [0.25, 0.3) is 6.10 Å². The van der Waals surface area contributed by atoms with Crippen molar-refractivity contribution < 1.29 is 35.8 Å². The Hall–Kier alpha value is -1.71. The predicted octanol–water partition coefficient (Wildman–Crippen LogP) is 3.20. The van der Waals surface area contributed by atoms with Crippen LogP contribution in [-0.2, 0) is 0 Å². The first-order valence-electron chi connectivity index (χ1n) is 5.24. The van der Waals surface area contributed by atoms with Crippen LogP contribution in [0.4, 0.5) is 26.3 Å². The molecule has 0 bridgehead atoms. The van der Waals surface area contributed by atoms with Crippen molar-refractivity contribution in [3.63, 3.8) is 0 Å². The van der Waals surface area contributed by atoms with Gasteiger partial charge in [0.05, 0.1) is 12.7 Å². The van der Waals surface area contributed by atoms with E-state index in [1.807, 2.05) is 0 Å². The van der Waals surface area contributed by atoms with E-state index in [0.29, 0.717) is 0 Å². The molecule has 118 valence electrons. The maximum atomic E-state index is 12.5. The van der Waals surface area contributed by atoms with Gasteiger partial charge in [-0.2, -0.15) is 26.3 Å². The average Bonchev–Trinajstić information content (AvgIpc) is 2.32. The lowest BCUT2D eigenvalue weighted by atomic mass is 10.2. The second kappa shape index (κ2) is 5.96. The first kappa shape index (κ1) is 17.3. The van der Waals surface area contributed by atoms with Crippen molar-refractivity contribution in [3.05, 3.63) is 23.8 Å². The second-order valence-corrected chi connectivity index (χ2v) is 4.25. The normalized spacial score (nSPS) is 12.4. The summed E-state index contributed by atoms with van der Waals surface area (Å²) >= 11 is 4.56. The molecular weight excluding hydrogens is 324 g/mol. The number of rotatable bonds is 4. The fourth-order valence-electron chi connectivity index (χ4n) is 1.38. The lowest BCUT2D eigenvalue weighted by Crippen LogP contribution is -2.46. The number of methoxy groups -OCH3 is 1. The van der Waals surface area contributed by atoms with Gasteiger partial charge in [-0.25, -0.2) is 0 Å². The Balaban J connectivity index is 3.28. The largest absolute Gasteiger partial charge is 0.497 e. The van der Waals surface area contributed by atoms with Crippen molar-refractivity contribution in [2.45, 2.75) is 18.5 Å². The van der Waals surface area contributed by atoms with Gasteiger partial charge in [-0.3, -0.25) is 0 Å². The van der Waals surface area contributed by atoms with Gasteiger partial charge in [-0.05, 0) is 12.1 Å². The predicted molar refractivity (Wildman–Crippen MR) is 65.4 cm³/mol. The number of alkyl halides is 6. The Bertz CT molecular complexity index is 514. The van der Waals surface area contributed by atoms with Gasteiger partial charge in [-0.1, -0.05) is 12.2 Å². The molecule has 0 radical (unpaired) electrons. The third-order valence-corrected chi connectivity index (χ3v) is 2.51. The fraction of sp³-hybridized carbons (Fsp3) is 0.364. The third-order valence-electron chi connectivity index (χ3n) is 2.29. The summed E-state index contributed by atoms with van der Waals surface area (Å²) in [5.74, 6) is -0.769. The number of hydrogen-bond donors (Lipinski definition) is 1. The summed E-state index contributed by atoms with van der Waals surface area (Å²) in [6.45, 7) is 0. The molecule has 0 saturated heterocycles. The Kier molecular flexibility index (Phi) is 4.92. The van der Waals surface area contributed by atoms with Crippen molar-refractivity contribution in [2.24, 2.45) is 5.73 Å². The van der Waals surface area contributed by atoms with Crippen LogP contribution in [0.2, 0.25) is 0 Å². The number of halogens is 6. The van der Waals surface area contributed by atoms with Crippen LogP contribution < -0.4 is 15.2 Å². The molecule has 0 unspecified atom stereocenters. The maximum Gasteiger partial charge on any atom is 0.434 e. The average molecular weight is 333 g/mol. The quantitative estimate of drug-likeness (QED) is 0.679. The highest BCUT2D eigenvalue weighted by molar-refractivity contribution is 7.80.